The first-order valence-electron chi connectivity index (χ1n) is 8.00. The molecule has 0 saturated heterocycles. The minimum Gasteiger partial charge on any atom is -0.379 e. The molecule has 2 rings (SSSR count). The maximum atomic E-state index is 11.1. The van der Waals surface area contributed by atoms with Crippen molar-refractivity contribution in [2.75, 3.05) is 18.6 Å². The van der Waals surface area contributed by atoms with Crippen molar-refractivity contribution in [2.45, 2.75) is 40.2 Å². The van der Waals surface area contributed by atoms with Crippen molar-refractivity contribution in [2.24, 2.45) is 5.92 Å². The number of halogens is 1. The number of anilines is 1. The molecule has 2 aromatic rings. The third kappa shape index (κ3) is 7.63. The Morgan fingerprint density at radius 3 is 2.48 bits per heavy atom. The van der Waals surface area contributed by atoms with Gasteiger partial charge in [0.15, 0.2) is 5.13 Å². The van der Waals surface area contributed by atoms with Crippen molar-refractivity contribution in [3.05, 3.63) is 29.1 Å². The summed E-state index contributed by atoms with van der Waals surface area (Å²) in [5.41, 5.74) is 1.08. The molecule has 5 nitrogen and oxygen atoms in total. The Morgan fingerprint density at radius 2 is 2.00 bits per heavy atom. The zero-order valence-electron chi connectivity index (χ0n) is 15.6. The van der Waals surface area contributed by atoms with Gasteiger partial charge in [-0.25, -0.2) is 4.98 Å². The molecule has 0 fully saturated rings. The van der Waals surface area contributed by atoms with Gasteiger partial charge in [0.2, 0.25) is 6.41 Å². The number of carbonyl (C=O) groups is 1. The van der Waals surface area contributed by atoms with E-state index in [1.165, 1.54) is 11.3 Å². The van der Waals surface area contributed by atoms with Gasteiger partial charge < -0.3 is 4.74 Å². The molecule has 0 atom stereocenters. The number of ether oxygens (including phenoxy) is 1. The summed E-state index contributed by atoms with van der Waals surface area (Å²) in [5, 5.41) is 0.724. The maximum absolute atomic E-state index is 11.1. The number of rotatable bonds is 5. The Labute approximate surface area is 162 Å². The van der Waals surface area contributed by atoms with E-state index in [-0.39, 0.29) is 5.60 Å². The van der Waals surface area contributed by atoms with Gasteiger partial charge in [-0.05, 0) is 48.7 Å². The van der Waals surface area contributed by atoms with Crippen LogP contribution >= 0.6 is 27.3 Å². The number of hydrogen-bond donors (Lipinski definition) is 0. The van der Waals surface area contributed by atoms with Crippen LogP contribution in [-0.2, 0) is 9.53 Å². The molecule has 0 N–H and O–H groups in total. The molecule has 0 radical (unpaired) electrons. The van der Waals surface area contributed by atoms with E-state index in [9.17, 15) is 4.79 Å². The molecular formula is C18H26BrN3O2S. The van der Waals surface area contributed by atoms with Crippen molar-refractivity contribution in [3.63, 3.8) is 0 Å². The molecule has 0 unspecified atom stereocenters. The third-order valence-corrected chi connectivity index (χ3v) is 4.78. The number of aromatic nitrogens is 2. The highest BCUT2D eigenvalue weighted by Gasteiger charge is 2.14. The second-order valence-electron chi connectivity index (χ2n) is 6.83. The number of nitrogens with zero attached hydrogens (tertiary/aromatic N) is 3. The fraction of sp³-hybridized carbons (Fsp3) is 0.500. The number of pyridine rings is 1. The van der Waals surface area contributed by atoms with Crippen LogP contribution < -0.4 is 4.90 Å². The first-order valence-corrected chi connectivity index (χ1v) is 9.61. The lowest BCUT2D eigenvalue weighted by molar-refractivity contribution is -0.107. The second kappa shape index (κ2) is 9.99. The van der Waals surface area contributed by atoms with Gasteiger partial charge in [-0.15, -0.1) is 0 Å². The van der Waals surface area contributed by atoms with Crippen LogP contribution in [0.4, 0.5) is 5.13 Å². The van der Waals surface area contributed by atoms with Gasteiger partial charge in [0.25, 0.3) is 0 Å². The molecule has 0 aliphatic rings. The fourth-order valence-corrected chi connectivity index (χ4v) is 3.18. The van der Waals surface area contributed by atoms with Crippen LogP contribution in [0.25, 0.3) is 10.4 Å². The van der Waals surface area contributed by atoms with Crippen molar-refractivity contribution >= 4 is 38.8 Å². The van der Waals surface area contributed by atoms with Crippen LogP contribution in [0.3, 0.4) is 0 Å². The van der Waals surface area contributed by atoms with Crippen LogP contribution in [0, 0.1) is 5.92 Å². The summed E-state index contributed by atoms with van der Waals surface area (Å²) in [6.07, 6.45) is 6.12. The molecule has 0 aliphatic carbocycles. The highest BCUT2D eigenvalue weighted by atomic mass is 79.9. The van der Waals surface area contributed by atoms with Gasteiger partial charge in [0.05, 0.1) is 10.5 Å². The van der Waals surface area contributed by atoms with Crippen LogP contribution in [0.1, 0.15) is 34.6 Å². The Hall–Kier alpha value is -1.31. The van der Waals surface area contributed by atoms with E-state index in [4.69, 9.17) is 4.74 Å². The Balaban J connectivity index is 0.000000450. The lowest BCUT2D eigenvalue weighted by atomic mass is 10.2. The van der Waals surface area contributed by atoms with E-state index >= 15 is 0 Å². The van der Waals surface area contributed by atoms with Crippen LogP contribution in [0.5, 0.6) is 0 Å². The van der Waals surface area contributed by atoms with Gasteiger partial charge in [-0.3, -0.25) is 14.7 Å². The van der Waals surface area contributed by atoms with E-state index in [2.05, 4.69) is 39.7 Å². The van der Waals surface area contributed by atoms with Crippen molar-refractivity contribution < 1.29 is 9.53 Å². The molecule has 2 heterocycles. The summed E-state index contributed by atoms with van der Waals surface area (Å²) in [6, 6.07) is 1.93. The average Bonchev–Trinajstić information content (AvgIpc) is 3.02. The molecular weight excluding hydrogens is 402 g/mol. The van der Waals surface area contributed by atoms with Crippen molar-refractivity contribution in [1.29, 1.82) is 0 Å². The number of thiazole rings is 1. The molecule has 1 amide bonds. The molecule has 0 bridgehead atoms. The number of hydrogen-bond acceptors (Lipinski definition) is 5. The summed E-state index contributed by atoms with van der Waals surface area (Å²) in [5.74, 6) is 0.408. The summed E-state index contributed by atoms with van der Waals surface area (Å²) in [7, 11) is 1.71. The number of amides is 1. The van der Waals surface area contributed by atoms with E-state index in [0.29, 0.717) is 12.5 Å². The summed E-state index contributed by atoms with van der Waals surface area (Å²) >= 11 is 4.97. The van der Waals surface area contributed by atoms with Crippen LogP contribution in [-0.4, -0.2) is 35.6 Å². The Morgan fingerprint density at radius 1 is 1.36 bits per heavy atom. The topological polar surface area (TPSA) is 55.3 Å². The Bertz CT molecular complexity index is 668. The number of methoxy groups -OCH3 is 1. The third-order valence-electron chi connectivity index (χ3n) is 3.08. The molecule has 0 aromatic carbocycles. The van der Waals surface area contributed by atoms with Crippen LogP contribution in [0.2, 0.25) is 0 Å². The monoisotopic (exact) mass is 427 g/mol. The maximum Gasteiger partial charge on any atom is 0.215 e. The lowest BCUT2D eigenvalue weighted by Gasteiger charge is -2.15. The zero-order valence-corrected chi connectivity index (χ0v) is 18.0. The van der Waals surface area contributed by atoms with E-state index in [0.717, 1.165) is 26.5 Å². The predicted octanol–water partition coefficient (Wildman–Crippen LogP) is 5.02. The molecule has 0 aliphatic heterocycles. The standard InChI is InChI=1S/C13H14BrN3OS.C5H12O/c1-9(2)7-17(8-18)13-16-6-12(19-13)10-3-4-15-5-11(10)14;1-5(2,3)6-4/h3-6,8-9H,7H2,1-2H3;1-4H3. The highest BCUT2D eigenvalue weighted by molar-refractivity contribution is 9.10. The van der Waals surface area contributed by atoms with E-state index in [1.807, 2.05) is 26.8 Å². The fourth-order valence-electron chi connectivity index (χ4n) is 1.66. The SMILES string of the molecule is CC(C)CN(C=O)c1ncc(-c2ccncc2Br)s1.COC(C)(C)C. The van der Waals surface area contributed by atoms with Gasteiger partial charge in [0.1, 0.15) is 0 Å². The molecule has 7 heteroatoms. The second-order valence-corrected chi connectivity index (χ2v) is 8.69. The van der Waals surface area contributed by atoms with E-state index < -0.39 is 0 Å². The zero-order chi connectivity index (χ0) is 19.0. The number of carbonyl (C=O) groups excluding carboxylic acids is 1. The van der Waals surface area contributed by atoms with Gasteiger partial charge in [0, 0.05) is 42.3 Å². The molecule has 2 aromatic heterocycles. The molecule has 0 spiro atoms. The van der Waals surface area contributed by atoms with Crippen molar-refractivity contribution in [3.8, 4) is 10.4 Å². The molecule has 25 heavy (non-hydrogen) atoms. The minimum absolute atomic E-state index is 0.0417. The highest BCUT2D eigenvalue weighted by Crippen LogP contribution is 2.34. The van der Waals surface area contributed by atoms with Crippen LogP contribution in [0.15, 0.2) is 29.1 Å². The first-order chi connectivity index (χ1) is 11.7. The molecule has 138 valence electrons. The van der Waals surface area contributed by atoms with Gasteiger partial charge in [-0.2, -0.15) is 0 Å². The van der Waals surface area contributed by atoms with Crippen molar-refractivity contribution in [1.82, 2.24) is 9.97 Å². The quantitative estimate of drug-likeness (QED) is 0.628. The van der Waals surface area contributed by atoms with Gasteiger partial charge >= 0.3 is 0 Å². The largest absolute Gasteiger partial charge is 0.379 e. The van der Waals surface area contributed by atoms with Gasteiger partial charge in [-0.1, -0.05) is 25.2 Å². The normalized spacial score (nSPS) is 11.0. The smallest absolute Gasteiger partial charge is 0.215 e. The first kappa shape index (κ1) is 21.7. The Kier molecular flexibility index (Phi) is 8.68. The molecule has 0 saturated carbocycles. The predicted molar refractivity (Wildman–Crippen MR) is 108 cm³/mol. The minimum atomic E-state index is 0.0417. The lowest BCUT2D eigenvalue weighted by Crippen LogP contribution is -2.25. The van der Waals surface area contributed by atoms with E-state index in [1.54, 1.807) is 30.6 Å². The summed E-state index contributed by atoms with van der Waals surface area (Å²) in [4.78, 5) is 22.2. The summed E-state index contributed by atoms with van der Waals surface area (Å²) < 4.78 is 5.86. The average molecular weight is 428 g/mol. The summed E-state index contributed by atoms with van der Waals surface area (Å²) in [6.45, 7) is 10.9.